The Morgan fingerprint density at radius 2 is 1.84 bits per heavy atom. The fourth-order valence-electron chi connectivity index (χ4n) is 4.21. The first-order chi connectivity index (χ1) is 9.20. The SMILES string of the molecule is CC(C)N1CCC(CN2CCCCC23CNC3)CC1. The molecule has 3 rings (SSSR count). The Kier molecular flexibility index (Phi) is 4.16. The minimum absolute atomic E-state index is 0.563. The van der Waals surface area contributed by atoms with Crippen LogP contribution < -0.4 is 5.32 Å². The van der Waals surface area contributed by atoms with Crippen molar-refractivity contribution >= 4 is 0 Å². The van der Waals surface area contributed by atoms with Crippen molar-refractivity contribution in [2.45, 2.75) is 57.5 Å². The first-order valence-electron chi connectivity index (χ1n) is 8.39. The van der Waals surface area contributed by atoms with Gasteiger partial charge < -0.3 is 10.2 Å². The molecule has 1 N–H and O–H groups in total. The standard InChI is InChI=1S/C16H31N3/c1-14(2)18-9-5-15(6-10-18)11-19-8-4-3-7-16(19)12-17-13-16/h14-15,17H,3-13H2,1-2H3. The summed E-state index contributed by atoms with van der Waals surface area (Å²) in [5.41, 5.74) is 0.563. The van der Waals surface area contributed by atoms with Gasteiger partial charge in [-0.05, 0) is 65.1 Å². The summed E-state index contributed by atoms with van der Waals surface area (Å²) in [6.45, 7) is 12.5. The maximum absolute atomic E-state index is 3.51. The van der Waals surface area contributed by atoms with Gasteiger partial charge in [0.1, 0.15) is 0 Å². The summed E-state index contributed by atoms with van der Waals surface area (Å²) in [6, 6.07) is 0.734. The number of nitrogens with zero attached hydrogens (tertiary/aromatic N) is 2. The Morgan fingerprint density at radius 1 is 1.11 bits per heavy atom. The highest BCUT2D eigenvalue weighted by molar-refractivity contribution is 5.04. The lowest BCUT2D eigenvalue weighted by Crippen LogP contribution is -2.70. The van der Waals surface area contributed by atoms with Crippen molar-refractivity contribution in [1.29, 1.82) is 0 Å². The van der Waals surface area contributed by atoms with Crippen molar-refractivity contribution in [2.75, 3.05) is 39.3 Å². The molecule has 0 atom stereocenters. The average Bonchev–Trinajstić information content (AvgIpc) is 2.38. The lowest BCUT2D eigenvalue weighted by molar-refractivity contribution is -0.0153. The maximum atomic E-state index is 3.51. The first-order valence-corrected chi connectivity index (χ1v) is 8.39. The van der Waals surface area contributed by atoms with Gasteiger partial charge in [-0.25, -0.2) is 0 Å². The highest BCUT2D eigenvalue weighted by atomic mass is 15.3. The Morgan fingerprint density at radius 3 is 2.42 bits per heavy atom. The summed E-state index contributed by atoms with van der Waals surface area (Å²) < 4.78 is 0. The molecule has 19 heavy (non-hydrogen) atoms. The average molecular weight is 265 g/mol. The molecule has 3 saturated heterocycles. The maximum Gasteiger partial charge on any atom is 0.0458 e. The molecular formula is C16H31N3. The van der Waals surface area contributed by atoms with Crippen molar-refractivity contribution in [1.82, 2.24) is 15.1 Å². The zero-order valence-corrected chi connectivity index (χ0v) is 12.8. The van der Waals surface area contributed by atoms with Crippen LogP contribution in [-0.4, -0.2) is 60.6 Å². The predicted octanol–water partition coefficient (Wildman–Crippen LogP) is 1.93. The molecule has 3 aliphatic rings. The second-order valence-electron chi connectivity index (χ2n) is 7.30. The molecule has 0 aromatic carbocycles. The minimum atomic E-state index is 0.563. The zero-order chi connectivity index (χ0) is 13.3. The van der Waals surface area contributed by atoms with E-state index in [1.165, 1.54) is 71.4 Å². The molecule has 0 unspecified atom stereocenters. The van der Waals surface area contributed by atoms with Gasteiger partial charge in [0, 0.05) is 31.2 Å². The molecule has 0 aliphatic carbocycles. The Hall–Kier alpha value is -0.120. The van der Waals surface area contributed by atoms with Crippen LogP contribution in [-0.2, 0) is 0 Å². The van der Waals surface area contributed by atoms with Gasteiger partial charge >= 0.3 is 0 Å². The second-order valence-corrected chi connectivity index (χ2v) is 7.30. The fourth-order valence-corrected chi connectivity index (χ4v) is 4.21. The van der Waals surface area contributed by atoms with Crippen LogP contribution in [0.25, 0.3) is 0 Å². The quantitative estimate of drug-likeness (QED) is 0.841. The van der Waals surface area contributed by atoms with Crippen LogP contribution in [0.3, 0.4) is 0 Å². The molecule has 0 aromatic heterocycles. The highest BCUT2D eigenvalue weighted by Crippen LogP contribution is 2.33. The van der Waals surface area contributed by atoms with Crippen molar-refractivity contribution in [3.05, 3.63) is 0 Å². The van der Waals surface area contributed by atoms with Crippen molar-refractivity contribution < 1.29 is 0 Å². The van der Waals surface area contributed by atoms with Crippen LogP contribution in [0.1, 0.15) is 46.0 Å². The smallest absolute Gasteiger partial charge is 0.0458 e. The summed E-state index contributed by atoms with van der Waals surface area (Å²) in [7, 11) is 0. The van der Waals surface area contributed by atoms with Crippen LogP contribution in [0.5, 0.6) is 0 Å². The molecule has 0 radical (unpaired) electrons. The van der Waals surface area contributed by atoms with E-state index in [0.29, 0.717) is 5.54 Å². The third-order valence-electron chi connectivity index (χ3n) is 5.76. The van der Waals surface area contributed by atoms with E-state index in [9.17, 15) is 0 Å². The van der Waals surface area contributed by atoms with Crippen molar-refractivity contribution in [3.8, 4) is 0 Å². The van der Waals surface area contributed by atoms with E-state index in [1.54, 1.807) is 0 Å². The third kappa shape index (κ3) is 2.84. The summed E-state index contributed by atoms with van der Waals surface area (Å²) in [4.78, 5) is 5.50. The third-order valence-corrected chi connectivity index (χ3v) is 5.76. The summed E-state index contributed by atoms with van der Waals surface area (Å²) in [5.74, 6) is 0.950. The van der Waals surface area contributed by atoms with Crippen LogP contribution >= 0.6 is 0 Å². The van der Waals surface area contributed by atoms with Gasteiger partial charge in [0.05, 0.1) is 0 Å². The molecule has 1 spiro atoms. The van der Waals surface area contributed by atoms with Gasteiger partial charge in [0.2, 0.25) is 0 Å². The molecule has 3 heterocycles. The predicted molar refractivity (Wildman–Crippen MR) is 80.5 cm³/mol. The van der Waals surface area contributed by atoms with Gasteiger partial charge in [0.25, 0.3) is 0 Å². The fraction of sp³-hybridized carbons (Fsp3) is 1.00. The molecule has 3 nitrogen and oxygen atoms in total. The van der Waals surface area contributed by atoms with E-state index < -0.39 is 0 Å². The van der Waals surface area contributed by atoms with Gasteiger partial charge in [0.15, 0.2) is 0 Å². The van der Waals surface area contributed by atoms with Crippen molar-refractivity contribution in [2.24, 2.45) is 5.92 Å². The summed E-state index contributed by atoms with van der Waals surface area (Å²) >= 11 is 0. The molecule has 3 aliphatic heterocycles. The molecule has 3 fully saturated rings. The van der Waals surface area contributed by atoms with E-state index in [0.717, 1.165) is 12.0 Å². The van der Waals surface area contributed by atoms with Gasteiger partial charge in [-0.1, -0.05) is 6.42 Å². The number of rotatable bonds is 3. The number of hydrogen-bond donors (Lipinski definition) is 1. The lowest BCUT2D eigenvalue weighted by atomic mass is 9.80. The van der Waals surface area contributed by atoms with E-state index in [4.69, 9.17) is 0 Å². The number of nitrogens with one attached hydrogen (secondary N) is 1. The van der Waals surface area contributed by atoms with Crippen LogP contribution in [0, 0.1) is 5.92 Å². The topological polar surface area (TPSA) is 18.5 Å². The molecule has 0 amide bonds. The van der Waals surface area contributed by atoms with E-state index in [-0.39, 0.29) is 0 Å². The molecule has 0 bridgehead atoms. The highest BCUT2D eigenvalue weighted by Gasteiger charge is 2.44. The molecule has 3 heteroatoms. The molecule has 110 valence electrons. The summed E-state index contributed by atoms with van der Waals surface area (Å²) in [5, 5.41) is 3.51. The Balaban J connectivity index is 1.51. The molecule has 0 aromatic rings. The van der Waals surface area contributed by atoms with Gasteiger partial charge in [-0.15, -0.1) is 0 Å². The largest absolute Gasteiger partial charge is 0.313 e. The van der Waals surface area contributed by atoms with Crippen LogP contribution in [0.15, 0.2) is 0 Å². The number of piperidine rings is 2. The van der Waals surface area contributed by atoms with Crippen molar-refractivity contribution in [3.63, 3.8) is 0 Å². The number of hydrogen-bond acceptors (Lipinski definition) is 3. The molecular weight excluding hydrogens is 234 g/mol. The van der Waals surface area contributed by atoms with Gasteiger partial charge in [-0.2, -0.15) is 0 Å². The van der Waals surface area contributed by atoms with Crippen LogP contribution in [0.4, 0.5) is 0 Å². The van der Waals surface area contributed by atoms with Gasteiger partial charge in [-0.3, -0.25) is 4.90 Å². The zero-order valence-electron chi connectivity index (χ0n) is 12.8. The number of likely N-dealkylation sites (tertiary alicyclic amines) is 2. The normalized spacial score (nSPS) is 29.8. The Labute approximate surface area is 118 Å². The van der Waals surface area contributed by atoms with E-state index >= 15 is 0 Å². The van der Waals surface area contributed by atoms with E-state index in [2.05, 4.69) is 29.0 Å². The molecule has 0 saturated carbocycles. The Bertz CT molecular complexity index is 290. The monoisotopic (exact) mass is 265 g/mol. The summed E-state index contributed by atoms with van der Waals surface area (Å²) in [6.07, 6.45) is 7.14. The minimum Gasteiger partial charge on any atom is -0.313 e. The second kappa shape index (κ2) is 5.71. The van der Waals surface area contributed by atoms with E-state index in [1.807, 2.05) is 0 Å². The lowest BCUT2D eigenvalue weighted by Gasteiger charge is -2.55. The van der Waals surface area contributed by atoms with Crippen LogP contribution in [0.2, 0.25) is 0 Å². The first kappa shape index (κ1) is 13.8.